The zero-order chi connectivity index (χ0) is 24.6. The summed E-state index contributed by atoms with van der Waals surface area (Å²) in [6, 6.07) is 0. The third-order valence-corrected chi connectivity index (χ3v) is 5.32. The number of carbonyl (C=O) groups is 1. The van der Waals surface area contributed by atoms with Crippen molar-refractivity contribution in [3.8, 4) is 0 Å². The molecule has 0 radical (unpaired) electrons. The Labute approximate surface area is 227 Å². The van der Waals surface area contributed by atoms with E-state index in [1.807, 2.05) is 0 Å². The van der Waals surface area contributed by atoms with E-state index in [2.05, 4.69) is 19.1 Å². The van der Waals surface area contributed by atoms with E-state index in [1.54, 1.807) is 0 Å². The standard InChI is InChI=1S/C24H45ClO.Cl5P/c1-2-3-4-5-6-7-8-9-10-11-12-13-14-15-16-17-18-19-20-21-22-23-24(25)26;1-6(2,3,4)5/h9-10H,2-8,11-23H2,1H3;/b10-9-;. The van der Waals surface area contributed by atoms with Gasteiger partial charge in [0.2, 0.25) is 5.24 Å². The zero-order valence-electron chi connectivity index (χ0n) is 19.9. The first-order chi connectivity index (χ1) is 15.0. The normalized spacial score (nSPS) is 12.9. The van der Waals surface area contributed by atoms with Crippen molar-refractivity contribution in [3.05, 3.63) is 12.2 Å². The summed E-state index contributed by atoms with van der Waals surface area (Å²) in [5, 5.41) is -0.182. The van der Waals surface area contributed by atoms with Crippen LogP contribution in [-0.2, 0) is 4.79 Å². The van der Waals surface area contributed by atoms with Crippen molar-refractivity contribution in [1.82, 2.24) is 0 Å². The van der Waals surface area contributed by atoms with Crippen LogP contribution in [0.1, 0.15) is 135 Å². The van der Waals surface area contributed by atoms with Gasteiger partial charge >= 0.3 is 59.6 Å². The van der Waals surface area contributed by atoms with Crippen molar-refractivity contribution in [2.75, 3.05) is 0 Å². The summed E-state index contributed by atoms with van der Waals surface area (Å²) in [4.78, 5) is 10.6. The van der Waals surface area contributed by atoms with Crippen molar-refractivity contribution < 1.29 is 4.79 Å². The molecule has 8 heteroatoms. The molecular weight excluding hydrogens is 548 g/mol. The number of unbranched alkanes of at least 4 members (excludes halogenated alkanes) is 17. The van der Waals surface area contributed by atoms with Gasteiger partial charge < -0.3 is 0 Å². The van der Waals surface area contributed by atoms with Crippen molar-refractivity contribution >= 4 is 76.4 Å². The van der Waals surface area contributed by atoms with Gasteiger partial charge in [0, 0.05) is 6.42 Å². The fourth-order valence-corrected chi connectivity index (χ4v) is 3.53. The SMILES string of the molecule is CCCCCCCC/C=C\CCCCCCCCCCCCCC(=O)Cl.ClP(Cl)(Cl)(Cl)Cl. The van der Waals surface area contributed by atoms with Gasteiger partial charge in [-0.15, -0.1) is 0 Å². The van der Waals surface area contributed by atoms with Gasteiger partial charge in [0.1, 0.15) is 0 Å². The van der Waals surface area contributed by atoms with Crippen LogP contribution in [0.5, 0.6) is 0 Å². The van der Waals surface area contributed by atoms with Crippen molar-refractivity contribution in [2.24, 2.45) is 0 Å². The summed E-state index contributed by atoms with van der Waals surface area (Å²) in [5.74, 6) is 0. The first-order valence-corrected chi connectivity index (χ1v) is 19.6. The Balaban J connectivity index is 0. The summed E-state index contributed by atoms with van der Waals surface area (Å²) in [7, 11) is 0. The molecule has 0 aliphatic heterocycles. The van der Waals surface area contributed by atoms with E-state index >= 15 is 0 Å². The maximum absolute atomic E-state index is 10.6. The number of hydrogen-bond donors (Lipinski definition) is 0. The first-order valence-electron chi connectivity index (χ1n) is 12.4. The Morgan fingerprint density at radius 1 is 0.562 bits per heavy atom. The van der Waals surface area contributed by atoms with Crippen LogP contribution < -0.4 is 0 Å². The minimum atomic E-state index is -3.69. The fraction of sp³-hybridized carbons (Fsp3) is 0.875. The van der Waals surface area contributed by atoms with Crippen LogP contribution in [0.15, 0.2) is 12.2 Å². The van der Waals surface area contributed by atoms with Gasteiger partial charge in [-0.05, 0) is 43.7 Å². The molecule has 0 fully saturated rings. The second-order valence-corrected chi connectivity index (χ2v) is 25.5. The van der Waals surface area contributed by atoms with E-state index in [4.69, 9.17) is 67.8 Å². The first kappa shape index (κ1) is 35.7. The van der Waals surface area contributed by atoms with Gasteiger partial charge in [-0.25, -0.2) is 0 Å². The van der Waals surface area contributed by atoms with E-state index in [0.717, 1.165) is 12.8 Å². The molecule has 0 aliphatic rings. The van der Waals surface area contributed by atoms with Crippen molar-refractivity contribution in [3.63, 3.8) is 0 Å². The van der Waals surface area contributed by atoms with E-state index in [0.29, 0.717) is 6.42 Å². The summed E-state index contributed by atoms with van der Waals surface area (Å²) in [6.07, 6.45) is 30.7. The van der Waals surface area contributed by atoms with Crippen LogP contribution in [0.3, 0.4) is 0 Å². The van der Waals surface area contributed by atoms with E-state index in [1.165, 1.54) is 109 Å². The summed E-state index contributed by atoms with van der Waals surface area (Å²) >= 11 is 30.2. The molecule has 0 bridgehead atoms. The van der Waals surface area contributed by atoms with Crippen LogP contribution >= 0.6 is 71.2 Å². The van der Waals surface area contributed by atoms with Crippen LogP contribution in [-0.4, -0.2) is 5.24 Å². The molecule has 0 heterocycles. The topological polar surface area (TPSA) is 17.1 Å². The van der Waals surface area contributed by atoms with E-state index < -0.39 is 3.37 Å². The molecule has 0 atom stereocenters. The Morgan fingerprint density at radius 3 is 1.16 bits per heavy atom. The molecule has 194 valence electrons. The molecule has 0 N–H and O–H groups in total. The van der Waals surface area contributed by atoms with Crippen LogP contribution in [0.4, 0.5) is 0 Å². The van der Waals surface area contributed by atoms with E-state index in [-0.39, 0.29) is 5.24 Å². The molecule has 0 aromatic carbocycles. The predicted octanol–water partition coefficient (Wildman–Crippen LogP) is 13.4. The predicted molar refractivity (Wildman–Crippen MR) is 154 cm³/mol. The molecule has 0 saturated heterocycles. The zero-order valence-corrected chi connectivity index (χ0v) is 25.4. The number of hydrogen-bond acceptors (Lipinski definition) is 1. The van der Waals surface area contributed by atoms with Crippen LogP contribution in [0.2, 0.25) is 0 Å². The van der Waals surface area contributed by atoms with Gasteiger partial charge in [-0.3, -0.25) is 4.79 Å². The second kappa shape index (κ2) is 24.3. The van der Waals surface area contributed by atoms with Gasteiger partial charge in [0.05, 0.1) is 0 Å². The van der Waals surface area contributed by atoms with Gasteiger partial charge in [0.15, 0.2) is 0 Å². The average molecular weight is 593 g/mol. The second-order valence-electron chi connectivity index (χ2n) is 8.45. The molecule has 1 nitrogen and oxygen atoms in total. The number of halogens is 6. The van der Waals surface area contributed by atoms with Gasteiger partial charge in [0.25, 0.3) is 0 Å². The van der Waals surface area contributed by atoms with Gasteiger partial charge in [-0.1, -0.05) is 109 Å². The third kappa shape index (κ3) is 48.9. The summed E-state index contributed by atoms with van der Waals surface area (Å²) in [5.41, 5.74) is 0. The van der Waals surface area contributed by atoms with Crippen molar-refractivity contribution in [2.45, 2.75) is 135 Å². The molecule has 0 spiro atoms. The molecule has 0 rings (SSSR count). The molecule has 0 saturated carbocycles. The fourth-order valence-electron chi connectivity index (χ4n) is 3.40. The molecule has 0 aliphatic carbocycles. The molecule has 0 amide bonds. The Morgan fingerprint density at radius 2 is 0.844 bits per heavy atom. The molecule has 0 unspecified atom stereocenters. The molecular formula is C24H45Cl6OP. The molecule has 0 aromatic rings. The Hall–Kier alpha value is 1.58. The van der Waals surface area contributed by atoms with Crippen molar-refractivity contribution in [1.29, 1.82) is 0 Å². The third-order valence-electron chi connectivity index (χ3n) is 5.14. The quantitative estimate of drug-likeness (QED) is 0.0560. The Kier molecular flexibility index (Phi) is 27.1. The number of carbonyl (C=O) groups excluding carboxylic acids is 1. The number of allylic oxidation sites excluding steroid dienone is 2. The van der Waals surface area contributed by atoms with Crippen LogP contribution in [0.25, 0.3) is 0 Å². The molecule has 32 heavy (non-hydrogen) atoms. The monoisotopic (exact) mass is 590 g/mol. The maximum atomic E-state index is 10.6. The summed E-state index contributed by atoms with van der Waals surface area (Å²) < 4.78 is -3.69. The average Bonchev–Trinajstić information content (AvgIpc) is 2.67. The summed E-state index contributed by atoms with van der Waals surface area (Å²) in [6.45, 7) is 2.28. The van der Waals surface area contributed by atoms with E-state index in [9.17, 15) is 4.79 Å². The van der Waals surface area contributed by atoms with Crippen LogP contribution in [0, 0.1) is 0 Å². The number of rotatable bonds is 21. The minimum absolute atomic E-state index is 0.182. The Bertz CT molecular complexity index is 433. The molecule has 0 aromatic heterocycles. The van der Waals surface area contributed by atoms with Gasteiger partial charge in [-0.2, -0.15) is 0 Å².